The van der Waals surface area contributed by atoms with Crippen molar-refractivity contribution in [1.82, 2.24) is 20.9 Å². The molecule has 6 aromatic rings. The number of hydrogen-bond acceptors (Lipinski definition) is 15. The number of hydrogen-bond donors (Lipinski definition) is 5. The summed E-state index contributed by atoms with van der Waals surface area (Å²) < 4.78 is 32.3. The normalized spacial score (nSPS) is 10.1. The number of benzene rings is 4. The van der Waals surface area contributed by atoms with Crippen molar-refractivity contribution in [2.24, 2.45) is 10.8 Å². The fourth-order valence-electron chi connectivity index (χ4n) is 6.38. The number of nitrogens with one attached hydrogen (secondary N) is 3. The molecular formula is C47H58ClN8Na2O11+. The topological polar surface area (TPSA) is 276 Å². The maximum absolute atomic E-state index is 12.4. The first-order valence-electron chi connectivity index (χ1n) is 21.0. The van der Waals surface area contributed by atoms with Crippen molar-refractivity contribution in [3.63, 3.8) is 0 Å². The van der Waals surface area contributed by atoms with Crippen molar-refractivity contribution in [1.29, 1.82) is 0 Å². The summed E-state index contributed by atoms with van der Waals surface area (Å²) >= 11 is 0. The predicted octanol–water partition coefficient (Wildman–Crippen LogP) is -2.45. The Morgan fingerprint density at radius 1 is 0.638 bits per heavy atom. The third-order valence-corrected chi connectivity index (χ3v) is 9.74. The van der Waals surface area contributed by atoms with Gasteiger partial charge >= 0.3 is 59.1 Å². The van der Waals surface area contributed by atoms with Crippen molar-refractivity contribution in [2.75, 3.05) is 54.6 Å². The van der Waals surface area contributed by atoms with Crippen LogP contribution in [0.4, 0.5) is 0 Å². The van der Waals surface area contributed by atoms with Gasteiger partial charge in [-0.05, 0) is 121 Å². The summed E-state index contributed by atoms with van der Waals surface area (Å²) in [4.78, 5) is 28.4. The number of rotatable bonds is 22. The van der Waals surface area contributed by atoms with Crippen LogP contribution in [0.3, 0.4) is 0 Å². The summed E-state index contributed by atoms with van der Waals surface area (Å²) in [5, 5.41) is 27.3. The van der Waals surface area contributed by atoms with E-state index in [2.05, 4.69) is 41.7 Å². The number of nitrogens with two attached hydrogens (primary N) is 1. The Morgan fingerprint density at radius 2 is 0.986 bits per heavy atom. The number of halogens is 1. The maximum atomic E-state index is 12.4. The molecule has 360 valence electrons. The second-order valence-electron chi connectivity index (χ2n) is 14.1. The van der Waals surface area contributed by atoms with Crippen LogP contribution in [0.1, 0.15) is 37.2 Å². The van der Waals surface area contributed by atoms with Crippen molar-refractivity contribution in [3.8, 4) is 67.8 Å². The van der Waals surface area contributed by atoms with Crippen molar-refractivity contribution in [2.45, 2.75) is 38.5 Å². The zero-order valence-corrected chi connectivity index (χ0v) is 44.7. The Kier molecular flexibility index (Phi) is 31.4. The summed E-state index contributed by atoms with van der Waals surface area (Å²) in [7, 11) is 6.50. The Balaban J connectivity index is 0.000000594. The molecule has 0 unspecified atom stereocenters. The molecule has 19 nitrogen and oxygen atoms in total. The molecule has 2 aromatic heterocycles. The number of carbonyl (C=O) groups excluding carboxylic acids is 2. The van der Waals surface area contributed by atoms with E-state index >= 15 is 0 Å². The average Bonchev–Trinajstić information content (AvgIpc) is 3.98. The number of unbranched alkanes of at least 4 members (excludes halogenated alkanes) is 2. The largest absolute Gasteiger partial charge is 1.00 e. The number of nitrogens with zero attached hydrogens (tertiary/aromatic N) is 3. The van der Waals surface area contributed by atoms with Gasteiger partial charge in [0.15, 0.2) is 11.5 Å². The Bertz CT molecular complexity index is 2210. The number of ether oxygens (including phenoxy) is 4. The first kappa shape index (κ1) is 61.9. The number of aromatic nitrogens is 2. The van der Waals surface area contributed by atoms with Gasteiger partial charge in [0.25, 0.3) is 0 Å². The van der Waals surface area contributed by atoms with Crippen LogP contribution in [0.25, 0.3) is 50.6 Å². The fourth-order valence-corrected chi connectivity index (χ4v) is 6.38. The van der Waals surface area contributed by atoms with E-state index in [4.69, 9.17) is 44.8 Å². The minimum Gasteiger partial charge on any atom is -1.00 e. The van der Waals surface area contributed by atoms with Gasteiger partial charge in [-0.1, -0.05) is 34.6 Å². The van der Waals surface area contributed by atoms with Gasteiger partial charge < -0.3 is 73.4 Å². The molecule has 0 spiro atoms. The molecule has 0 saturated carbocycles. The predicted molar refractivity (Wildman–Crippen MR) is 247 cm³/mol. The molecule has 0 bridgehead atoms. The van der Waals surface area contributed by atoms with Gasteiger partial charge in [0.2, 0.25) is 18.2 Å². The van der Waals surface area contributed by atoms with E-state index in [0.29, 0.717) is 48.9 Å². The fraction of sp³-hybridized carbons (Fsp3) is 0.298. The van der Waals surface area contributed by atoms with Gasteiger partial charge in [-0.2, -0.15) is 0 Å². The average molecular weight is 992 g/mol. The number of methoxy groups -OCH3 is 4. The quantitative estimate of drug-likeness (QED) is 0.0118. The molecule has 0 radical (unpaired) electrons. The molecule has 0 aliphatic rings. The van der Waals surface area contributed by atoms with Gasteiger partial charge in [-0.3, -0.25) is 14.5 Å². The summed E-state index contributed by atoms with van der Waals surface area (Å²) in [6.07, 6.45) is 4.47. The molecule has 22 heteroatoms. The van der Waals surface area contributed by atoms with Gasteiger partial charge in [0, 0.05) is 24.2 Å². The molecule has 0 atom stereocenters. The van der Waals surface area contributed by atoms with Crippen molar-refractivity contribution in [3.05, 3.63) is 114 Å². The summed E-state index contributed by atoms with van der Waals surface area (Å²) in [5.74, 6) is 9.82. The van der Waals surface area contributed by atoms with Crippen molar-refractivity contribution < 1.29 is 130 Å². The molecule has 4 aromatic carbocycles. The monoisotopic (exact) mass is 991 g/mol. The molecule has 0 fully saturated rings. The third kappa shape index (κ3) is 20.0. The number of amides is 2. The Morgan fingerprint density at radius 3 is 1.28 bits per heavy atom. The minimum atomic E-state index is -0.112. The summed E-state index contributed by atoms with van der Waals surface area (Å²) in [6, 6.07) is 30.4. The van der Waals surface area contributed by atoms with Crippen LogP contribution in [0.5, 0.6) is 23.0 Å². The van der Waals surface area contributed by atoms with E-state index in [-0.39, 0.29) is 96.2 Å². The Hall–Kier alpha value is -5.16. The van der Waals surface area contributed by atoms with E-state index in [1.165, 1.54) is 0 Å². The maximum Gasteiger partial charge on any atom is 1.00 e. The van der Waals surface area contributed by atoms with Crippen LogP contribution in [0.15, 0.2) is 111 Å². The molecule has 2 heterocycles. The van der Waals surface area contributed by atoms with E-state index in [1.807, 2.05) is 97.1 Å². The van der Waals surface area contributed by atoms with E-state index < -0.39 is 0 Å². The van der Waals surface area contributed by atoms with Crippen LogP contribution in [-0.2, 0) is 32.4 Å². The van der Waals surface area contributed by atoms with E-state index in [1.54, 1.807) is 28.4 Å². The molecule has 69 heavy (non-hydrogen) atoms. The van der Waals surface area contributed by atoms with Crippen molar-refractivity contribution >= 4 is 18.2 Å². The standard InChI is InChI=1S/2C23H27N3O4.CH3N2O3.ClH.2Na/c2*1-28-18-9-5-16(6-10-18)22-20(15-21(27)25-14-4-3-13-24)30-26-23(22)17-7-11-19(29-2)12-8-17;2-3-1-5-6-4;;;/h2*5-12H,3-4,13-15,24H2,1-2H3,(H,25,27);1-2,4H;1H;;/q;;-1;;2*+1/b;;3-1+;;;. The van der Waals surface area contributed by atoms with Gasteiger partial charge in [0.05, 0.1) is 59.0 Å². The van der Waals surface area contributed by atoms with Crippen LogP contribution in [0.2, 0.25) is 0 Å². The first-order valence-corrected chi connectivity index (χ1v) is 21.0. The van der Waals surface area contributed by atoms with Crippen LogP contribution < -0.4 is 113 Å². The summed E-state index contributed by atoms with van der Waals surface area (Å²) in [5.41, 5.74) is 15.8. The first-order chi connectivity index (χ1) is 32.2. The minimum absolute atomic E-state index is 0. The van der Waals surface area contributed by atoms with E-state index in [9.17, 15) is 9.59 Å². The van der Waals surface area contributed by atoms with Gasteiger partial charge in [-0.15, -0.1) is 0 Å². The summed E-state index contributed by atoms with van der Waals surface area (Å²) in [6.45, 7) is 2.70. The van der Waals surface area contributed by atoms with Crippen LogP contribution in [0, 0.1) is 0 Å². The third-order valence-electron chi connectivity index (χ3n) is 9.74. The number of carbonyl (C=O) groups is 2. The SMILES string of the molecule is COc1ccc(-c2noc(CC(=O)NCCCCN)c2-c2ccc(OC)cc2)cc1.COc1ccc(-c2noc(CC(=O)NCCCC[NH3+])c2-c2ccc(OC)cc2)cc1.[Cl-].[NH-]/N=C/OOO.[Na+].[Na+]. The molecule has 6 rings (SSSR count). The molecule has 0 saturated heterocycles. The van der Waals surface area contributed by atoms with Gasteiger partial charge in [0.1, 0.15) is 34.4 Å². The molecule has 0 aliphatic heterocycles. The van der Waals surface area contributed by atoms with E-state index in [0.717, 1.165) is 88.6 Å². The van der Waals surface area contributed by atoms with Crippen LogP contribution >= 0.6 is 0 Å². The number of quaternary nitrogens is 1. The zero-order chi connectivity index (χ0) is 47.5. The van der Waals surface area contributed by atoms with Gasteiger partial charge in [-0.25, -0.2) is 5.26 Å². The Labute approximate surface area is 451 Å². The zero-order valence-electron chi connectivity index (χ0n) is 39.9. The van der Waals surface area contributed by atoms with Crippen LogP contribution in [-0.4, -0.2) is 88.4 Å². The molecular weight excluding hydrogens is 934 g/mol. The second-order valence-corrected chi connectivity index (χ2v) is 14.1. The molecule has 0 aliphatic carbocycles. The molecule has 2 amide bonds. The smallest absolute Gasteiger partial charge is 1.00 e. The molecule has 9 N–H and O–H groups in total. The second kappa shape index (κ2) is 35.0.